The fraction of sp³-hybridized carbons (Fsp3) is 0.235. The van der Waals surface area contributed by atoms with Gasteiger partial charge in [-0.05, 0) is 54.8 Å². The molecule has 1 fully saturated rings. The Hall–Kier alpha value is -2.56. The number of benzene rings is 2. The molecule has 2 N–H and O–H groups in total. The van der Waals surface area contributed by atoms with Crippen LogP contribution in [0.4, 0.5) is 14.9 Å². The average molecular weight is 300 g/mol. The highest BCUT2D eigenvalue weighted by Crippen LogP contribution is 2.45. The lowest BCUT2D eigenvalue weighted by atomic mass is 10.1. The first-order chi connectivity index (χ1) is 10.6. The highest BCUT2D eigenvalue weighted by atomic mass is 19.1. The Balaban J connectivity index is 1.66. The zero-order valence-electron chi connectivity index (χ0n) is 12.2. The Labute approximate surface area is 128 Å². The molecule has 1 aliphatic carbocycles. The van der Waals surface area contributed by atoms with Gasteiger partial charge < -0.3 is 15.4 Å². The molecule has 0 heterocycles. The summed E-state index contributed by atoms with van der Waals surface area (Å²) >= 11 is 0. The van der Waals surface area contributed by atoms with E-state index in [-0.39, 0.29) is 17.4 Å². The number of ether oxygens (including phenoxy) is 1. The van der Waals surface area contributed by atoms with E-state index >= 15 is 0 Å². The van der Waals surface area contributed by atoms with Crippen molar-refractivity contribution < 1.29 is 13.9 Å². The summed E-state index contributed by atoms with van der Waals surface area (Å²) in [6, 6.07) is 13.1. The topological polar surface area (TPSA) is 50.4 Å². The monoisotopic (exact) mass is 300 g/mol. The van der Waals surface area contributed by atoms with Gasteiger partial charge in [0.15, 0.2) is 0 Å². The van der Waals surface area contributed by atoms with Crippen LogP contribution in [-0.4, -0.2) is 13.1 Å². The van der Waals surface area contributed by atoms with Crippen LogP contribution in [0.1, 0.15) is 18.4 Å². The van der Waals surface area contributed by atoms with Crippen LogP contribution >= 0.6 is 0 Å². The van der Waals surface area contributed by atoms with Crippen molar-refractivity contribution in [2.75, 3.05) is 12.4 Å². The second kappa shape index (κ2) is 5.67. The number of nitrogens with one attached hydrogen (secondary N) is 2. The molecule has 0 atom stereocenters. The van der Waals surface area contributed by atoms with E-state index in [1.165, 1.54) is 24.3 Å². The molecule has 2 amide bonds. The van der Waals surface area contributed by atoms with Gasteiger partial charge in [0, 0.05) is 5.69 Å². The number of rotatable bonds is 4. The molecule has 0 unspecified atom stereocenters. The van der Waals surface area contributed by atoms with Crippen molar-refractivity contribution in [3.05, 3.63) is 59.9 Å². The third-order valence-electron chi connectivity index (χ3n) is 3.85. The largest absolute Gasteiger partial charge is 0.497 e. The first-order valence-corrected chi connectivity index (χ1v) is 7.11. The molecular weight excluding hydrogens is 283 g/mol. The number of hydrogen-bond acceptors (Lipinski definition) is 2. The lowest BCUT2D eigenvalue weighted by molar-refractivity contribution is 0.247. The molecule has 0 saturated heterocycles. The zero-order valence-corrected chi connectivity index (χ0v) is 12.2. The Morgan fingerprint density at radius 3 is 2.27 bits per heavy atom. The molecule has 22 heavy (non-hydrogen) atoms. The predicted molar refractivity (Wildman–Crippen MR) is 82.5 cm³/mol. The normalized spacial score (nSPS) is 15.0. The van der Waals surface area contributed by atoms with Crippen LogP contribution in [0.3, 0.4) is 0 Å². The number of halogens is 1. The summed E-state index contributed by atoms with van der Waals surface area (Å²) in [5, 5.41) is 5.72. The summed E-state index contributed by atoms with van der Waals surface area (Å²) in [5.74, 6) is 0.457. The van der Waals surface area contributed by atoms with E-state index in [0.29, 0.717) is 5.69 Å². The molecule has 2 aromatic rings. The number of amides is 2. The molecule has 2 aromatic carbocycles. The van der Waals surface area contributed by atoms with Gasteiger partial charge >= 0.3 is 6.03 Å². The quantitative estimate of drug-likeness (QED) is 0.905. The van der Waals surface area contributed by atoms with E-state index in [2.05, 4.69) is 10.6 Å². The number of hydrogen-bond donors (Lipinski definition) is 2. The van der Waals surface area contributed by atoms with Crippen molar-refractivity contribution in [1.82, 2.24) is 5.32 Å². The van der Waals surface area contributed by atoms with Crippen LogP contribution < -0.4 is 15.4 Å². The molecule has 1 aliphatic rings. The smallest absolute Gasteiger partial charge is 0.319 e. The van der Waals surface area contributed by atoms with E-state index < -0.39 is 0 Å². The van der Waals surface area contributed by atoms with Crippen LogP contribution in [0.25, 0.3) is 0 Å². The lowest BCUT2D eigenvalue weighted by Crippen LogP contribution is -2.38. The van der Waals surface area contributed by atoms with Crippen LogP contribution in [0.15, 0.2) is 48.5 Å². The van der Waals surface area contributed by atoms with Gasteiger partial charge in [-0.15, -0.1) is 0 Å². The fourth-order valence-electron chi connectivity index (χ4n) is 2.43. The molecule has 1 saturated carbocycles. The molecule has 3 rings (SSSR count). The molecule has 0 radical (unpaired) electrons. The number of carbonyl (C=O) groups excluding carboxylic acids is 1. The number of methoxy groups -OCH3 is 1. The second-order valence-corrected chi connectivity index (χ2v) is 5.40. The molecule has 0 bridgehead atoms. The summed E-state index contributed by atoms with van der Waals surface area (Å²) in [6.07, 6.45) is 1.80. The van der Waals surface area contributed by atoms with Gasteiger partial charge in [0.05, 0.1) is 12.6 Å². The molecular formula is C17H17FN2O2. The van der Waals surface area contributed by atoms with E-state index in [9.17, 15) is 9.18 Å². The van der Waals surface area contributed by atoms with Crippen molar-refractivity contribution in [3.8, 4) is 5.75 Å². The number of urea groups is 1. The highest BCUT2D eigenvalue weighted by Gasteiger charge is 2.45. The minimum absolute atomic E-state index is 0.292. The summed E-state index contributed by atoms with van der Waals surface area (Å²) in [7, 11) is 1.62. The summed E-state index contributed by atoms with van der Waals surface area (Å²) in [6.45, 7) is 0. The second-order valence-electron chi connectivity index (χ2n) is 5.40. The van der Waals surface area contributed by atoms with Gasteiger partial charge in [-0.1, -0.05) is 12.1 Å². The van der Waals surface area contributed by atoms with E-state index in [1.807, 2.05) is 24.3 Å². The highest BCUT2D eigenvalue weighted by molar-refractivity contribution is 5.90. The van der Waals surface area contributed by atoms with Crippen LogP contribution in [0.2, 0.25) is 0 Å². The maximum absolute atomic E-state index is 12.8. The van der Waals surface area contributed by atoms with Crippen molar-refractivity contribution in [2.24, 2.45) is 0 Å². The third kappa shape index (κ3) is 3.03. The summed E-state index contributed by atoms with van der Waals surface area (Å²) in [4.78, 5) is 12.1. The first kappa shape index (κ1) is 14.4. The van der Waals surface area contributed by atoms with Gasteiger partial charge in [0.1, 0.15) is 11.6 Å². The van der Waals surface area contributed by atoms with Crippen molar-refractivity contribution >= 4 is 11.7 Å². The zero-order chi connectivity index (χ0) is 15.6. The summed E-state index contributed by atoms with van der Waals surface area (Å²) < 4.78 is 18.0. The number of carbonyl (C=O) groups is 1. The molecule has 5 heteroatoms. The van der Waals surface area contributed by atoms with Crippen LogP contribution in [0, 0.1) is 5.82 Å². The standard InChI is InChI=1S/C17H17FN2O2/c1-22-15-8-2-12(3-9-15)17(10-11-17)20-16(21)19-14-6-4-13(18)5-7-14/h2-9H,10-11H2,1H3,(H2,19,20,21). The SMILES string of the molecule is COc1ccc(C2(NC(=O)Nc3ccc(F)cc3)CC2)cc1. The van der Waals surface area contributed by atoms with E-state index in [4.69, 9.17) is 4.74 Å². The van der Waals surface area contributed by atoms with Gasteiger partial charge in [-0.2, -0.15) is 0 Å². The molecule has 0 aromatic heterocycles. The van der Waals surface area contributed by atoms with Crippen molar-refractivity contribution in [3.63, 3.8) is 0 Å². The van der Waals surface area contributed by atoms with Gasteiger partial charge in [-0.25, -0.2) is 9.18 Å². The van der Waals surface area contributed by atoms with Crippen molar-refractivity contribution in [1.29, 1.82) is 0 Å². The average Bonchev–Trinajstić information content (AvgIpc) is 3.30. The van der Waals surface area contributed by atoms with Gasteiger partial charge in [0.25, 0.3) is 0 Å². The lowest BCUT2D eigenvalue weighted by Gasteiger charge is -2.18. The van der Waals surface area contributed by atoms with Crippen LogP contribution in [0.5, 0.6) is 5.75 Å². The van der Waals surface area contributed by atoms with E-state index in [0.717, 1.165) is 24.2 Å². The molecule has 114 valence electrons. The molecule has 0 spiro atoms. The predicted octanol–water partition coefficient (Wildman–Crippen LogP) is 3.65. The third-order valence-corrected chi connectivity index (χ3v) is 3.85. The maximum Gasteiger partial charge on any atom is 0.319 e. The van der Waals surface area contributed by atoms with Crippen molar-refractivity contribution in [2.45, 2.75) is 18.4 Å². The summed E-state index contributed by atoms with van der Waals surface area (Å²) in [5.41, 5.74) is 1.31. The minimum atomic E-state index is -0.331. The van der Waals surface area contributed by atoms with Gasteiger partial charge in [0.2, 0.25) is 0 Å². The first-order valence-electron chi connectivity index (χ1n) is 7.11. The Kier molecular flexibility index (Phi) is 3.71. The Morgan fingerprint density at radius 2 is 1.73 bits per heavy atom. The minimum Gasteiger partial charge on any atom is -0.497 e. The van der Waals surface area contributed by atoms with E-state index in [1.54, 1.807) is 7.11 Å². The number of anilines is 1. The van der Waals surface area contributed by atoms with Crippen LogP contribution in [-0.2, 0) is 5.54 Å². The Bertz CT molecular complexity index is 664. The molecule has 0 aliphatic heterocycles. The Morgan fingerprint density at radius 1 is 1.09 bits per heavy atom. The maximum atomic E-state index is 12.8. The molecule has 4 nitrogen and oxygen atoms in total. The fourth-order valence-corrected chi connectivity index (χ4v) is 2.43. The van der Waals surface area contributed by atoms with Gasteiger partial charge in [-0.3, -0.25) is 0 Å².